The molecule has 0 atom stereocenters. The van der Waals surface area contributed by atoms with Crippen molar-refractivity contribution in [3.05, 3.63) is 0 Å². The molecule has 1 rings (SSSR count). The van der Waals surface area contributed by atoms with Crippen LogP contribution in [0.1, 0.15) is 46.5 Å². The molecule has 0 N–H and O–H groups in total. The van der Waals surface area contributed by atoms with Crippen LogP contribution in [0.2, 0.25) is 0 Å². The van der Waals surface area contributed by atoms with E-state index in [2.05, 4.69) is 25.7 Å². The quantitative estimate of drug-likeness (QED) is 0.753. The molecule has 3 nitrogen and oxygen atoms in total. The average Bonchev–Trinajstić information content (AvgIpc) is 2.25. The van der Waals surface area contributed by atoms with Crippen molar-refractivity contribution in [1.29, 1.82) is 0 Å². The van der Waals surface area contributed by atoms with Crippen molar-refractivity contribution in [2.75, 3.05) is 33.2 Å². The molecule has 1 aliphatic heterocycles. The molecule has 0 radical (unpaired) electrons. The minimum atomic E-state index is 0.0937. The van der Waals surface area contributed by atoms with Crippen LogP contribution in [-0.4, -0.2) is 48.9 Å². The van der Waals surface area contributed by atoms with Gasteiger partial charge < -0.3 is 9.80 Å². The van der Waals surface area contributed by atoms with Crippen LogP contribution in [0.15, 0.2) is 0 Å². The van der Waals surface area contributed by atoms with E-state index >= 15 is 0 Å². The number of rotatable bonds is 4. The highest BCUT2D eigenvalue weighted by molar-refractivity contribution is 5.76. The number of nitrogens with zero attached hydrogens (tertiary/aromatic N) is 2. The van der Waals surface area contributed by atoms with Gasteiger partial charge in [0.05, 0.1) is 0 Å². The van der Waals surface area contributed by atoms with Crippen LogP contribution >= 0.6 is 0 Å². The lowest BCUT2D eigenvalue weighted by atomic mass is 9.92. The molecule has 0 aromatic rings. The van der Waals surface area contributed by atoms with Gasteiger partial charge in [-0.3, -0.25) is 4.79 Å². The van der Waals surface area contributed by atoms with E-state index in [4.69, 9.17) is 0 Å². The number of amides is 1. The van der Waals surface area contributed by atoms with Gasteiger partial charge in [-0.1, -0.05) is 27.2 Å². The molecule has 0 aromatic heterocycles. The SMILES string of the molecule is CN(CCN1CCCCC1)C(=O)CC(C)(C)C. The Bertz CT molecular complexity index is 239. The maximum atomic E-state index is 11.9. The Hall–Kier alpha value is -0.570. The van der Waals surface area contributed by atoms with Crippen LogP contribution < -0.4 is 0 Å². The Morgan fingerprint density at radius 2 is 1.76 bits per heavy atom. The lowest BCUT2D eigenvalue weighted by Crippen LogP contribution is -2.39. The summed E-state index contributed by atoms with van der Waals surface area (Å²) in [7, 11) is 1.93. The first-order valence-corrected chi connectivity index (χ1v) is 6.85. The second-order valence-corrected chi connectivity index (χ2v) is 6.46. The normalized spacial score (nSPS) is 18.1. The topological polar surface area (TPSA) is 23.6 Å². The molecule has 100 valence electrons. The lowest BCUT2D eigenvalue weighted by molar-refractivity contribution is -0.132. The second kappa shape index (κ2) is 6.39. The molecule has 0 bridgehead atoms. The number of piperidine rings is 1. The molecule has 3 heteroatoms. The summed E-state index contributed by atoms with van der Waals surface area (Å²) in [6, 6.07) is 0. The van der Waals surface area contributed by atoms with Crippen LogP contribution in [0.5, 0.6) is 0 Å². The molecular weight excluding hydrogens is 212 g/mol. The fourth-order valence-corrected chi connectivity index (χ4v) is 2.19. The van der Waals surface area contributed by atoms with Crippen LogP contribution in [0.4, 0.5) is 0 Å². The fraction of sp³-hybridized carbons (Fsp3) is 0.929. The average molecular weight is 240 g/mol. The number of carbonyl (C=O) groups is 1. The van der Waals surface area contributed by atoms with Gasteiger partial charge in [0, 0.05) is 26.6 Å². The standard InChI is InChI=1S/C14H28N2O/c1-14(2,3)12-13(17)15(4)10-11-16-8-6-5-7-9-16/h5-12H2,1-4H3. The minimum absolute atomic E-state index is 0.0937. The smallest absolute Gasteiger partial charge is 0.222 e. The van der Waals surface area contributed by atoms with Crippen molar-refractivity contribution < 1.29 is 4.79 Å². The van der Waals surface area contributed by atoms with Gasteiger partial charge in [0.2, 0.25) is 5.91 Å². The van der Waals surface area contributed by atoms with E-state index in [0.29, 0.717) is 6.42 Å². The van der Waals surface area contributed by atoms with E-state index in [1.807, 2.05) is 11.9 Å². The number of hydrogen-bond acceptors (Lipinski definition) is 2. The van der Waals surface area contributed by atoms with Crippen LogP contribution in [-0.2, 0) is 4.79 Å². The predicted molar refractivity (Wildman–Crippen MR) is 72.0 cm³/mol. The summed E-state index contributed by atoms with van der Waals surface area (Å²) in [5, 5.41) is 0. The van der Waals surface area contributed by atoms with Crippen LogP contribution in [0, 0.1) is 5.41 Å². The first kappa shape index (κ1) is 14.5. The lowest BCUT2D eigenvalue weighted by Gasteiger charge is -2.29. The van der Waals surface area contributed by atoms with Gasteiger partial charge in [-0.05, 0) is 31.3 Å². The summed E-state index contributed by atoms with van der Waals surface area (Å²) >= 11 is 0. The van der Waals surface area contributed by atoms with Gasteiger partial charge in [-0.2, -0.15) is 0 Å². The molecule has 1 saturated heterocycles. The molecule has 1 amide bonds. The van der Waals surface area contributed by atoms with Crippen molar-refractivity contribution in [1.82, 2.24) is 9.80 Å². The number of likely N-dealkylation sites (tertiary alicyclic amines) is 1. The van der Waals surface area contributed by atoms with E-state index in [0.717, 1.165) is 13.1 Å². The Kier molecular flexibility index (Phi) is 5.44. The first-order valence-electron chi connectivity index (χ1n) is 6.85. The molecule has 1 heterocycles. The molecule has 0 aromatic carbocycles. The molecule has 1 aliphatic rings. The Morgan fingerprint density at radius 3 is 2.29 bits per heavy atom. The highest BCUT2D eigenvalue weighted by Gasteiger charge is 2.19. The summed E-state index contributed by atoms with van der Waals surface area (Å²) in [5.74, 6) is 0.273. The summed E-state index contributed by atoms with van der Waals surface area (Å²) in [4.78, 5) is 16.3. The number of likely N-dealkylation sites (N-methyl/N-ethyl adjacent to an activating group) is 1. The number of hydrogen-bond donors (Lipinski definition) is 0. The molecule has 0 saturated carbocycles. The molecule has 0 spiro atoms. The van der Waals surface area contributed by atoms with E-state index in [-0.39, 0.29) is 11.3 Å². The van der Waals surface area contributed by atoms with Gasteiger partial charge in [-0.25, -0.2) is 0 Å². The van der Waals surface area contributed by atoms with Crippen molar-refractivity contribution in [3.8, 4) is 0 Å². The first-order chi connectivity index (χ1) is 7.88. The van der Waals surface area contributed by atoms with Crippen molar-refractivity contribution in [3.63, 3.8) is 0 Å². The summed E-state index contributed by atoms with van der Waals surface area (Å²) in [5.41, 5.74) is 0.0937. The zero-order valence-electron chi connectivity index (χ0n) is 12.0. The van der Waals surface area contributed by atoms with Gasteiger partial charge in [-0.15, -0.1) is 0 Å². The fourth-order valence-electron chi connectivity index (χ4n) is 2.19. The number of carbonyl (C=O) groups excluding carboxylic acids is 1. The van der Waals surface area contributed by atoms with Crippen molar-refractivity contribution in [2.24, 2.45) is 5.41 Å². The monoisotopic (exact) mass is 240 g/mol. The minimum Gasteiger partial charge on any atom is -0.344 e. The van der Waals surface area contributed by atoms with Crippen molar-refractivity contribution in [2.45, 2.75) is 46.5 Å². The summed E-state index contributed by atoms with van der Waals surface area (Å²) < 4.78 is 0. The van der Waals surface area contributed by atoms with Crippen molar-refractivity contribution >= 4 is 5.91 Å². The molecule has 0 unspecified atom stereocenters. The third-order valence-corrected chi connectivity index (χ3v) is 3.31. The van der Waals surface area contributed by atoms with E-state index in [9.17, 15) is 4.79 Å². The Balaban J connectivity index is 2.23. The second-order valence-electron chi connectivity index (χ2n) is 6.46. The zero-order valence-corrected chi connectivity index (χ0v) is 12.0. The summed E-state index contributed by atoms with van der Waals surface area (Å²) in [6.45, 7) is 10.7. The van der Waals surface area contributed by atoms with Gasteiger partial charge >= 0.3 is 0 Å². The summed E-state index contributed by atoms with van der Waals surface area (Å²) in [6.07, 6.45) is 4.65. The zero-order chi connectivity index (χ0) is 12.9. The maximum absolute atomic E-state index is 11.9. The van der Waals surface area contributed by atoms with Crippen LogP contribution in [0.25, 0.3) is 0 Å². The van der Waals surface area contributed by atoms with Gasteiger partial charge in [0.15, 0.2) is 0 Å². The molecule has 0 aliphatic carbocycles. The molecule has 1 fully saturated rings. The highest BCUT2D eigenvalue weighted by atomic mass is 16.2. The van der Waals surface area contributed by atoms with Gasteiger partial charge in [0.25, 0.3) is 0 Å². The van der Waals surface area contributed by atoms with Gasteiger partial charge in [0.1, 0.15) is 0 Å². The third-order valence-electron chi connectivity index (χ3n) is 3.31. The van der Waals surface area contributed by atoms with E-state index in [1.165, 1.54) is 32.4 Å². The Morgan fingerprint density at radius 1 is 1.18 bits per heavy atom. The van der Waals surface area contributed by atoms with E-state index in [1.54, 1.807) is 0 Å². The third kappa shape index (κ3) is 6.06. The molecular formula is C14H28N2O. The predicted octanol–water partition coefficient (Wildman–Crippen LogP) is 2.37. The van der Waals surface area contributed by atoms with E-state index < -0.39 is 0 Å². The highest BCUT2D eigenvalue weighted by Crippen LogP contribution is 2.19. The Labute approximate surface area is 106 Å². The van der Waals surface area contributed by atoms with Crippen LogP contribution in [0.3, 0.4) is 0 Å². The molecule has 17 heavy (non-hydrogen) atoms. The largest absolute Gasteiger partial charge is 0.344 e. The maximum Gasteiger partial charge on any atom is 0.222 e.